The molecule has 0 unspecified atom stereocenters. The van der Waals surface area contributed by atoms with Crippen LogP contribution in [0, 0.1) is 0 Å². The molecule has 1 aliphatic heterocycles. The maximum Gasteiger partial charge on any atom is 0.192 e. The molecule has 4 rings (SSSR count). The van der Waals surface area contributed by atoms with E-state index in [0.717, 1.165) is 30.6 Å². The van der Waals surface area contributed by atoms with E-state index in [9.17, 15) is 4.79 Å². The second kappa shape index (κ2) is 10.6. The Morgan fingerprint density at radius 1 is 1.00 bits per heavy atom. The lowest BCUT2D eigenvalue weighted by Crippen LogP contribution is -2.30. The van der Waals surface area contributed by atoms with Crippen LogP contribution in [0.5, 0.6) is 5.75 Å². The van der Waals surface area contributed by atoms with Crippen molar-refractivity contribution in [3.05, 3.63) is 71.5 Å². The first kappa shape index (κ1) is 21.6. The second-order valence-corrected chi connectivity index (χ2v) is 8.69. The molecule has 7 heteroatoms. The van der Waals surface area contributed by atoms with Crippen molar-refractivity contribution in [2.24, 2.45) is 0 Å². The zero-order valence-corrected chi connectivity index (χ0v) is 18.7. The molecule has 31 heavy (non-hydrogen) atoms. The lowest BCUT2D eigenvalue weighted by atomic mass is 10.1. The number of hydrogen-bond donors (Lipinski definition) is 0. The van der Waals surface area contributed by atoms with Crippen LogP contribution >= 0.6 is 11.8 Å². The number of thioether (sulfide) groups is 1. The van der Waals surface area contributed by atoms with Crippen molar-refractivity contribution in [2.45, 2.75) is 37.5 Å². The number of ether oxygens (including phenoxy) is 1. The number of carbonyl (C=O) groups excluding carboxylic acids is 1. The van der Waals surface area contributed by atoms with Crippen LogP contribution in [-0.2, 0) is 13.1 Å². The molecule has 1 aliphatic rings. The number of likely N-dealkylation sites (tertiary alicyclic amines) is 1. The van der Waals surface area contributed by atoms with Gasteiger partial charge in [-0.2, -0.15) is 0 Å². The summed E-state index contributed by atoms with van der Waals surface area (Å²) < 4.78 is 7.40. The highest BCUT2D eigenvalue weighted by Crippen LogP contribution is 2.23. The SMILES string of the molecule is COc1cccc(C(=O)CSc2nnc(CN3CCCCC3)n2Cc2ccccc2)c1. The van der Waals surface area contributed by atoms with E-state index in [1.807, 2.05) is 36.4 Å². The van der Waals surface area contributed by atoms with Crippen molar-refractivity contribution in [2.75, 3.05) is 26.0 Å². The first-order valence-electron chi connectivity index (χ1n) is 10.7. The summed E-state index contributed by atoms with van der Waals surface area (Å²) in [5, 5.41) is 9.74. The molecule has 0 bridgehead atoms. The number of rotatable bonds is 9. The number of methoxy groups -OCH3 is 1. The molecule has 0 saturated carbocycles. The molecule has 2 heterocycles. The van der Waals surface area contributed by atoms with Crippen LogP contribution in [0.4, 0.5) is 0 Å². The number of carbonyl (C=O) groups is 1. The summed E-state index contributed by atoms with van der Waals surface area (Å²) in [6, 6.07) is 17.6. The molecule has 0 N–H and O–H groups in total. The van der Waals surface area contributed by atoms with Gasteiger partial charge in [-0.1, -0.05) is 60.6 Å². The molecule has 0 radical (unpaired) electrons. The van der Waals surface area contributed by atoms with Crippen molar-refractivity contribution >= 4 is 17.5 Å². The Kier molecular flexibility index (Phi) is 7.38. The number of benzene rings is 2. The molecule has 0 atom stereocenters. The van der Waals surface area contributed by atoms with Gasteiger partial charge in [-0.05, 0) is 43.6 Å². The maximum absolute atomic E-state index is 12.7. The fourth-order valence-corrected chi connectivity index (χ4v) is 4.65. The molecule has 0 amide bonds. The standard InChI is InChI=1S/C24H28N4O2S/c1-30-21-12-8-11-20(15-21)22(29)18-31-24-26-25-23(17-27-13-6-3-7-14-27)28(24)16-19-9-4-2-5-10-19/h2,4-5,8-12,15H,3,6-7,13-14,16-18H2,1H3. The van der Waals surface area contributed by atoms with E-state index in [1.165, 1.54) is 36.6 Å². The van der Waals surface area contributed by atoms with Gasteiger partial charge in [0.15, 0.2) is 10.9 Å². The predicted molar refractivity (Wildman–Crippen MR) is 123 cm³/mol. The maximum atomic E-state index is 12.7. The minimum atomic E-state index is 0.0516. The molecule has 1 aromatic heterocycles. The molecule has 0 spiro atoms. The highest BCUT2D eigenvalue weighted by molar-refractivity contribution is 7.99. The van der Waals surface area contributed by atoms with Gasteiger partial charge in [-0.15, -0.1) is 10.2 Å². The molecular weight excluding hydrogens is 408 g/mol. The third-order valence-corrected chi connectivity index (χ3v) is 6.48. The van der Waals surface area contributed by atoms with Gasteiger partial charge in [0.05, 0.1) is 26.0 Å². The lowest BCUT2D eigenvalue weighted by Gasteiger charge is -2.26. The van der Waals surface area contributed by atoms with Gasteiger partial charge in [0, 0.05) is 5.56 Å². The Morgan fingerprint density at radius 2 is 1.81 bits per heavy atom. The number of piperidine rings is 1. The summed E-state index contributed by atoms with van der Waals surface area (Å²) in [6.07, 6.45) is 3.79. The van der Waals surface area contributed by atoms with Crippen LogP contribution in [-0.4, -0.2) is 51.4 Å². The zero-order valence-electron chi connectivity index (χ0n) is 17.9. The molecule has 0 aliphatic carbocycles. The Balaban J connectivity index is 1.50. The highest BCUT2D eigenvalue weighted by Gasteiger charge is 2.19. The first-order chi connectivity index (χ1) is 15.2. The van der Waals surface area contributed by atoms with Crippen molar-refractivity contribution in [1.82, 2.24) is 19.7 Å². The van der Waals surface area contributed by atoms with Gasteiger partial charge in [0.2, 0.25) is 0 Å². The Labute approximate surface area is 187 Å². The molecule has 1 saturated heterocycles. The summed E-state index contributed by atoms with van der Waals surface area (Å²) in [5.74, 6) is 2.01. The van der Waals surface area contributed by atoms with E-state index in [0.29, 0.717) is 23.6 Å². The van der Waals surface area contributed by atoms with Crippen molar-refractivity contribution in [1.29, 1.82) is 0 Å². The number of ketones is 1. The largest absolute Gasteiger partial charge is 0.497 e. The van der Waals surface area contributed by atoms with Crippen molar-refractivity contribution in [3.63, 3.8) is 0 Å². The second-order valence-electron chi connectivity index (χ2n) is 7.75. The Bertz CT molecular complexity index is 1000. The quantitative estimate of drug-likeness (QED) is 0.368. The number of aromatic nitrogens is 3. The molecule has 162 valence electrons. The van der Waals surface area contributed by atoms with E-state index in [1.54, 1.807) is 13.2 Å². The number of Topliss-reactive ketones (excluding diaryl/α,β-unsaturated/α-hetero) is 1. The molecule has 6 nitrogen and oxygen atoms in total. The summed E-state index contributed by atoms with van der Waals surface area (Å²) in [7, 11) is 1.61. The minimum Gasteiger partial charge on any atom is -0.497 e. The normalized spacial score (nSPS) is 14.5. The Morgan fingerprint density at radius 3 is 2.58 bits per heavy atom. The van der Waals surface area contributed by atoms with Gasteiger partial charge >= 0.3 is 0 Å². The third-order valence-electron chi connectivity index (χ3n) is 5.51. The van der Waals surface area contributed by atoms with E-state index < -0.39 is 0 Å². The molecule has 1 fully saturated rings. The number of nitrogens with zero attached hydrogens (tertiary/aromatic N) is 4. The summed E-state index contributed by atoms with van der Waals surface area (Å²) in [5.41, 5.74) is 1.85. The van der Waals surface area contributed by atoms with E-state index in [4.69, 9.17) is 4.74 Å². The van der Waals surface area contributed by atoms with Crippen LogP contribution in [0.1, 0.15) is 41.0 Å². The van der Waals surface area contributed by atoms with E-state index in [-0.39, 0.29) is 5.78 Å². The fraction of sp³-hybridized carbons (Fsp3) is 0.375. The zero-order chi connectivity index (χ0) is 21.5. The third kappa shape index (κ3) is 5.74. The van der Waals surface area contributed by atoms with E-state index in [2.05, 4.69) is 31.8 Å². The van der Waals surface area contributed by atoms with Gasteiger partial charge in [-0.25, -0.2) is 0 Å². The smallest absolute Gasteiger partial charge is 0.192 e. The van der Waals surface area contributed by atoms with Crippen molar-refractivity contribution < 1.29 is 9.53 Å². The Hall–Kier alpha value is -2.64. The fourth-order valence-electron chi connectivity index (χ4n) is 3.79. The van der Waals surface area contributed by atoms with Gasteiger partial charge in [-0.3, -0.25) is 9.69 Å². The molecular formula is C24H28N4O2S. The lowest BCUT2D eigenvalue weighted by molar-refractivity contribution is 0.102. The topological polar surface area (TPSA) is 60.2 Å². The van der Waals surface area contributed by atoms with Crippen LogP contribution in [0.25, 0.3) is 0 Å². The van der Waals surface area contributed by atoms with Crippen LogP contribution in [0.3, 0.4) is 0 Å². The van der Waals surface area contributed by atoms with Crippen molar-refractivity contribution in [3.8, 4) is 5.75 Å². The van der Waals surface area contributed by atoms with Crippen LogP contribution in [0.2, 0.25) is 0 Å². The van der Waals surface area contributed by atoms with E-state index >= 15 is 0 Å². The summed E-state index contributed by atoms with van der Waals surface area (Å²) in [4.78, 5) is 15.2. The average molecular weight is 437 g/mol. The molecule has 2 aromatic carbocycles. The number of hydrogen-bond acceptors (Lipinski definition) is 6. The highest BCUT2D eigenvalue weighted by atomic mass is 32.2. The van der Waals surface area contributed by atoms with Gasteiger partial charge < -0.3 is 9.30 Å². The van der Waals surface area contributed by atoms with Gasteiger partial charge in [0.1, 0.15) is 11.6 Å². The minimum absolute atomic E-state index is 0.0516. The average Bonchev–Trinajstić information content (AvgIpc) is 3.19. The van der Waals surface area contributed by atoms with Gasteiger partial charge in [0.25, 0.3) is 0 Å². The van der Waals surface area contributed by atoms with Crippen LogP contribution in [0.15, 0.2) is 59.8 Å². The predicted octanol–water partition coefficient (Wildman–Crippen LogP) is 4.30. The summed E-state index contributed by atoms with van der Waals surface area (Å²) in [6.45, 7) is 3.71. The first-order valence-corrected chi connectivity index (χ1v) is 11.7. The van der Waals surface area contributed by atoms with Crippen LogP contribution < -0.4 is 4.74 Å². The molecule has 3 aromatic rings. The summed E-state index contributed by atoms with van der Waals surface area (Å²) >= 11 is 1.45. The monoisotopic (exact) mass is 436 g/mol.